The highest BCUT2D eigenvalue weighted by Gasteiger charge is 1.95. The Morgan fingerprint density at radius 3 is 2.47 bits per heavy atom. The molecule has 1 heteroatoms. The monoisotopic (exact) mass is 221 g/mol. The maximum Gasteiger partial charge on any atom is 0.00840 e. The van der Waals surface area contributed by atoms with Crippen molar-refractivity contribution >= 4 is 12.4 Å². The molecule has 0 atom stereocenters. The third-order valence-electron chi connectivity index (χ3n) is 3.25. The van der Waals surface area contributed by atoms with Crippen LogP contribution < -0.4 is 15.8 Å². The summed E-state index contributed by atoms with van der Waals surface area (Å²) >= 11 is 0. The van der Waals surface area contributed by atoms with Crippen molar-refractivity contribution in [1.82, 2.24) is 5.32 Å². The Morgan fingerprint density at radius 1 is 0.882 bits per heavy atom. The highest BCUT2D eigenvalue weighted by Crippen LogP contribution is 1.99. The van der Waals surface area contributed by atoms with Gasteiger partial charge in [-0.3, -0.25) is 0 Å². The van der Waals surface area contributed by atoms with Gasteiger partial charge in [0, 0.05) is 12.4 Å². The van der Waals surface area contributed by atoms with E-state index in [0.29, 0.717) is 0 Å². The summed E-state index contributed by atoms with van der Waals surface area (Å²) in [6.07, 6.45) is 5.20. The van der Waals surface area contributed by atoms with Crippen molar-refractivity contribution in [1.29, 1.82) is 0 Å². The van der Waals surface area contributed by atoms with Gasteiger partial charge < -0.3 is 5.32 Å². The van der Waals surface area contributed by atoms with E-state index in [0.717, 1.165) is 6.42 Å². The SMILES string of the molecule is CCc1ccc2c(c1)=c1ccccc1=CNC=2. The fourth-order valence-corrected chi connectivity index (χ4v) is 2.27. The van der Waals surface area contributed by atoms with E-state index in [1.165, 1.54) is 26.4 Å². The zero-order valence-electron chi connectivity index (χ0n) is 9.90. The first-order valence-corrected chi connectivity index (χ1v) is 6.03. The van der Waals surface area contributed by atoms with Crippen molar-refractivity contribution in [3.8, 4) is 0 Å². The molecule has 2 aromatic carbocycles. The fraction of sp³-hybridized carbons (Fsp3) is 0.125. The van der Waals surface area contributed by atoms with Crippen LogP contribution in [0.5, 0.6) is 0 Å². The molecule has 1 aliphatic rings. The van der Waals surface area contributed by atoms with Crippen molar-refractivity contribution in [2.75, 3.05) is 0 Å². The Hall–Kier alpha value is -2.02. The van der Waals surface area contributed by atoms with Gasteiger partial charge in [-0.2, -0.15) is 0 Å². The number of hydrogen-bond donors (Lipinski definition) is 1. The third kappa shape index (κ3) is 1.74. The molecule has 0 unspecified atom stereocenters. The van der Waals surface area contributed by atoms with Crippen LogP contribution in [0.15, 0.2) is 42.5 Å². The Balaban J connectivity index is 2.60. The molecule has 1 N–H and O–H groups in total. The van der Waals surface area contributed by atoms with Crippen LogP contribution in [0.2, 0.25) is 0 Å². The minimum absolute atomic E-state index is 1.08. The largest absolute Gasteiger partial charge is 0.366 e. The van der Waals surface area contributed by atoms with Gasteiger partial charge in [0.1, 0.15) is 0 Å². The normalized spacial score (nSPS) is 12.3. The van der Waals surface area contributed by atoms with Gasteiger partial charge in [0.25, 0.3) is 0 Å². The first-order valence-electron chi connectivity index (χ1n) is 6.03. The molecular formula is C16H15N. The summed E-state index contributed by atoms with van der Waals surface area (Å²) < 4.78 is 0. The van der Waals surface area contributed by atoms with Crippen molar-refractivity contribution in [3.63, 3.8) is 0 Å². The Bertz CT molecular complexity index is 757. The summed E-state index contributed by atoms with van der Waals surface area (Å²) in [5.74, 6) is 0. The minimum atomic E-state index is 1.08. The van der Waals surface area contributed by atoms with Crippen LogP contribution in [0, 0.1) is 10.4 Å². The number of fused-ring (bicyclic) bond motifs is 2. The van der Waals surface area contributed by atoms with E-state index in [2.05, 4.69) is 67.1 Å². The third-order valence-corrected chi connectivity index (χ3v) is 3.25. The van der Waals surface area contributed by atoms with Gasteiger partial charge in [0.05, 0.1) is 0 Å². The molecule has 0 aromatic heterocycles. The summed E-state index contributed by atoms with van der Waals surface area (Å²) in [5.41, 5.74) is 1.38. The number of nitrogens with one attached hydrogen (secondary N) is 1. The zero-order valence-corrected chi connectivity index (χ0v) is 9.90. The van der Waals surface area contributed by atoms with Crippen molar-refractivity contribution < 1.29 is 0 Å². The Kier molecular flexibility index (Phi) is 2.45. The average Bonchev–Trinajstić information content (AvgIpc) is 2.57. The molecule has 0 fully saturated rings. The molecule has 0 saturated carbocycles. The van der Waals surface area contributed by atoms with E-state index < -0.39 is 0 Å². The lowest BCUT2D eigenvalue weighted by molar-refractivity contribution is 1.13. The summed E-state index contributed by atoms with van der Waals surface area (Å²) in [6, 6.07) is 15.2. The minimum Gasteiger partial charge on any atom is -0.366 e. The molecule has 0 aliphatic carbocycles. The van der Waals surface area contributed by atoms with Gasteiger partial charge in [-0.05, 0) is 32.9 Å². The Labute approximate surface area is 100 Å². The molecule has 0 bridgehead atoms. The highest BCUT2D eigenvalue weighted by molar-refractivity contribution is 5.40. The van der Waals surface area contributed by atoms with Gasteiger partial charge in [-0.25, -0.2) is 0 Å². The van der Waals surface area contributed by atoms with Crippen molar-refractivity contribution in [2.45, 2.75) is 13.3 Å². The van der Waals surface area contributed by atoms with Crippen molar-refractivity contribution in [2.24, 2.45) is 0 Å². The molecule has 0 amide bonds. The second kappa shape index (κ2) is 4.10. The van der Waals surface area contributed by atoms with Gasteiger partial charge >= 0.3 is 0 Å². The highest BCUT2D eigenvalue weighted by atomic mass is 14.8. The molecule has 2 aromatic rings. The molecule has 3 rings (SSSR count). The molecule has 84 valence electrons. The fourth-order valence-electron chi connectivity index (χ4n) is 2.27. The lowest BCUT2D eigenvalue weighted by Gasteiger charge is -1.97. The molecular weight excluding hydrogens is 206 g/mol. The number of rotatable bonds is 1. The molecule has 1 heterocycles. The van der Waals surface area contributed by atoms with E-state index in [-0.39, 0.29) is 0 Å². The second-order valence-corrected chi connectivity index (χ2v) is 4.32. The van der Waals surface area contributed by atoms with Crippen molar-refractivity contribution in [3.05, 3.63) is 68.9 Å². The predicted octanol–water partition coefficient (Wildman–Crippen LogP) is 1.62. The van der Waals surface area contributed by atoms with Crippen LogP contribution >= 0.6 is 0 Å². The molecule has 1 nitrogen and oxygen atoms in total. The number of aryl methyl sites for hydroxylation is 1. The van der Waals surface area contributed by atoms with Crippen LogP contribution in [0.3, 0.4) is 0 Å². The summed E-state index contributed by atoms with van der Waals surface area (Å²) in [6.45, 7) is 2.19. The molecule has 17 heavy (non-hydrogen) atoms. The quantitative estimate of drug-likeness (QED) is 0.771. The molecule has 1 aliphatic heterocycles. The van der Waals surface area contributed by atoms with Gasteiger partial charge in [0.15, 0.2) is 0 Å². The first-order chi connectivity index (χ1) is 8.38. The van der Waals surface area contributed by atoms with Crippen LogP contribution in [0.25, 0.3) is 12.4 Å². The molecule has 0 radical (unpaired) electrons. The second-order valence-electron chi connectivity index (χ2n) is 4.32. The first kappa shape index (κ1) is 10.2. The summed E-state index contributed by atoms with van der Waals surface area (Å²) in [4.78, 5) is 0. The average molecular weight is 221 g/mol. The zero-order chi connectivity index (χ0) is 11.7. The van der Waals surface area contributed by atoms with E-state index in [1.807, 2.05) is 0 Å². The topological polar surface area (TPSA) is 12.0 Å². The van der Waals surface area contributed by atoms with E-state index in [1.54, 1.807) is 0 Å². The summed E-state index contributed by atoms with van der Waals surface area (Å²) in [7, 11) is 0. The molecule has 0 spiro atoms. The lowest BCUT2D eigenvalue weighted by Crippen LogP contribution is -2.07. The van der Waals surface area contributed by atoms with Gasteiger partial charge in [0.2, 0.25) is 0 Å². The Morgan fingerprint density at radius 2 is 1.65 bits per heavy atom. The van der Waals surface area contributed by atoms with E-state index in [9.17, 15) is 0 Å². The van der Waals surface area contributed by atoms with Crippen LogP contribution in [0.4, 0.5) is 0 Å². The number of hydrogen-bond acceptors (Lipinski definition) is 1. The maximum absolute atomic E-state index is 3.25. The number of benzene rings is 2. The predicted molar refractivity (Wildman–Crippen MR) is 71.2 cm³/mol. The van der Waals surface area contributed by atoms with Gasteiger partial charge in [-0.15, -0.1) is 0 Å². The van der Waals surface area contributed by atoms with Crippen LogP contribution in [0.1, 0.15) is 12.5 Å². The molecule has 0 saturated heterocycles. The van der Waals surface area contributed by atoms with E-state index in [4.69, 9.17) is 0 Å². The van der Waals surface area contributed by atoms with Crippen LogP contribution in [-0.2, 0) is 6.42 Å². The van der Waals surface area contributed by atoms with E-state index >= 15 is 0 Å². The summed E-state index contributed by atoms with van der Waals surface area (Å²) in [5, 5.41) is 8.37. The lowest BCUT2D eigenvalue weighted by atomic mass is 10.1. The van der Waals surface area contributed by atoms with Gasteiger partial charge in [-0.1, -0.05) is 49.4 Å². The smallest absolute Gasteiger partial charge is 0.00840 e. The van der Waals surface area contributed by atoms with Crippen LogP contribution in [-0.4, -0.2) is 0 Å². The maximum atomic E-state index is 3.25. The standard InChI is InChI=1S/C16H15N/c1-2-12-7-8-14-11-17-10-13-5-3-4-6-15(13)16(14)9-12/h3-11,17H,2H2,1H3.